The first-order valence-electron chi connectivity index (χ1n) is 12.2. The molecular weight excluding hydrogens is 584 g/mol. The standard InChI is InChI=1S/C28H23ClN6O4S2/c1-17-7-12-22(29)24(15-17)35-26(37)21-5-3-4-6-23(21)33-28(35)40-16-25(36)32-19-8-10-20(11-9-19)41(38,39)34-27-30-14-13-18(2)31-27/h3-15H,16H2,1-2H3,(H,32,36)(H,30,31,34). The molecule has 0 aliphatic rings. The summed E-state index contributed by atoms with van der Waals surface area (Å²) in [6, 6.07) is 19.7. The third-order valence-corrected chi connectivity index (χ3v) is 8.49. The molecule has 2 heterocycles. The highest BCUT2D eigenvalue weighted by Gasteiger charge is 2.18. The van der Waals surface area contributed by atoms with Crippen LogP contribution >= 0.6 is 23.4 Å². The Morgan fingerprint density at radius 3 is 2.51 bits per heavy atom. The topological polar surface area (TPSA) is 136 Å². The molecule has 0 bridgehead atoms. The highest BCUT2D eigenvalue weighted by molar-refractivity contribution is 7.99. The van der Waals surface area contributed by atoms with Gasteiger partial charge in [0.05, 0.1) is 32.3 Å². The zero-order valence-electron chi connectivity index (χ0n) is 21.8. The number of sulfonamides is 1. The predicted octanol–water partition coefficient (Wildman–Crippen LogP) is 4.98. The lowest BCUT2D eigenvalue weighted by Crippen LogP contribution is -2.23. The Hall–Kier alpha value is -4.26. The van der Waals surface area contributed by atoms with Gasteiger partial charge in [-0.2, -0.15) is 0 Å². The first-order chi connectivity index (χ1) is 19.6. The van der Waals surface area contributed by atoms with E-state index in [1.165, 1.54) is 35.0 Å². The van der Waals surface area contributed by atoms with E-state index in [-0.39, 0.29) is 28.1 Å². The molecule has 0 saturated carbocycles. The fourth-order valence-corrected chi connectivity index (χ4v) is 5.90. The Balaban J connectivity index is 1.33. The highest BCUT2D eigenvalue weighted by Crippen LogP contribution is 2.27. The summed E-state index contributed by atoms with van der Waals surface area (Å²) in [4.78, 5) is 38.9. The molecule has 10 nitrogen and oxygen atoms in total. The second-order valence-electron chi connectivity index (χ2n) is 9.00. The third kappa shape index (κ3) is 6.40. The molecule has 3 aromatic carbocycles. The summed E-state index contributed by atoms with van der Waals surface area (Å²) in [5.41, 5.74) is 2.59. The molecule has 0 fully saturated rings. The lowest BCUT2D eigenvalue weighted by atomic mass is 10.2. The third-order valence-electron chi connectivity index (χ3n) is 5.89. The van der Waals surface area contributed by atoms with Gasteiger partial charge in [-0.15, -0.1) is 0 Å². The first kappa shape index (κ1) is 28.3. The highest BCUT2D eigenvalue weighted by atomic mass is 35.5. The lowest BCUT2D eigenvalue weighted by molar-refractivity contribution is -0.113. The molecule has 0 atom stereocenters. The fourth-order valence-electron chi connectivity index (χ4n) is 3.94. The molecule has 5 aromatic rings. The minimum atomic E-state index is -3.92. The van der Waals surface area contributed by atoms with Crippen molar-refractivity contribution in [3.8, 4) is 5.69 Å². The SMILES string of the molecule is Cc1ccc(Cl)c(-n2c(SCC(=O)Nc3ccc(S(=O)(=O)Nc4nccc(C)n4)cc3)nc3ccccc3c2=O)c1. The number of anilines is 2. The van der Waals surface area contributed by atoms with Crippen molar-refractivity contribution in [1.82, 2.24) is 19.5 Å². The van der Waals surface area contributed by atoms with E-state index in [1.54, 1.807) is 49.4 Å². The number of benzene rings is 3. The number of para-hydroxylation sites is 1. The summed E-state index contributed by atoms with van der Waals surface area (Å²) in [6.45, 7) is 3.62. The van der Waals surface area contributed by atoms with Crippen molar-refractivity contribution in [2.24, 2.45) is 0 Å². The van der Waals surface area contributed by atoms with Crippen LogP contribution in [0.1, 0.15) is 11.3 Å². The van der Waals surface area contributed by atoms with E-state index in [0.29, 0.717) is 38.2 Å². The second-order valence-corrected chi connectivity index (χ2v) is 12.0. The Morgan fingerprint density at radius 2 is 1.76 bits per heavy atom. The maximum atomic E-state index is 13.5. The quantitative estimate of drug-likeness (QED) is 0.186. The zero-order valence-corrected chi connectivity index (χ0v) is 24.2. The van der Waals surface area contributed by atoms with Gasteiger partial charge < -0.3 is 5.32 Å². The van der Waals surface area contributed by atoms with Crippen LogP contribution in [0.2, 0.25) is 5.02 Å². The molecule has 0 spiro atoms. The lowest BCUT2D eigenvalue weighted by Gasteiger charge is -2.15. The number of nitrogens with one attached hydrogen (secondary N) is 2. The molecule has 5 rings (SSSR count). The number of halogens is 1. The van der Waals surface area contributed by atoms with Crippen LogP contribution in [0.3, 0.4) is 0 Å². The van der Waals surface area contributed by atoms with Crippen LogP contribution < -0.4 is 15.6 Å². The molecule has 0 aliphatic heterocycles. The van der Waals surface area contributed by atoms with E-state index in [0.717, 1.165) is 17.3 Å². The number of hydrogen-bond acceptors (Lipinski definition) is 8. The number of hydrogen-bond donors (Lipinski definition) is 2. The van der Waals surface area contributed by atoms with E-state index in [4.69, 9.17) is 11.6 Å². The minimum Gasteiger partial charge on any atom is -0.325 e. The Kier molecular flexibility index (Phi) is 8.06. The van der Waals surface area contributed by atoms with Gasteiger partial charge in [-0.25, -0.2) is 28.1 Å². The van der Waals surface area contributed by atoms with Gasteiger partial charge in [0.1, 0.15) is 0 Å². The number of carbonyl (C=O) groups is 1. The summed E-state index contributed by atoms with van der Waals surface area (Å²) < 4.78 is 29.1. The summed E-state index contributed by atoms with van der Waals surface area (Å²) in [5, 5.41) is 3.85. The normalized spacial score (nSPS) is 11.4. The molecule has 208 valence electrons. The monoisotopic (exact) mass is 606 g/mol. The summed E-state index contributed by atoms with van der Waals surface area (Å²) >= 11 is 7.55. The largest absolute Gasteiger partial charge is 0.325 e. The van der Waals surface area contributed by atoms with Crippen molar-refractivity contribution in [3.63, 3.8) is 0 Å². The van der Waals surface area contributed by atoms with E-state index in [2.05, 4.69) is 25.0 Å². The van der Waals surface area contributed by atoms with Crippen molar-refractivity contribution in [3.05, 3.63) is 106 Å². The van der Waals surface area contributed by atoms with Gasteiger partial charge in [0.25, 0.3) is 15.6 Å². The number of aryl methyl sites for hydroxylation is 2. The van der Waals surface area contributed by atoms with Crippen molar-refractivity contribution in [1.29, 1.82) is 0 Å². The van der Waals surface area contributed by atoms with E-state index in [9.17, 15) is 18.0 Å². The van der Waals surface area contributed by atoms with Crippen molar-refractivity contribution >= 4 is 61.8 Å². The zero-order chi connectivity index (χ0) is 29.1. The molecule has 0 aliphatic carbocycles. The summed E-state index contributed by atoms with van der Waals surface area (Å²) in [6.07, 6.45) is 1.46. The van der Waals surface area contributed by atoms with Crippen LogP contribution in [-0.4, -0.2) is 39.6 Å². The average molecular weight is 607 g/mol. The van der Waals surface area contributed by atoms with Gasteiger partial charge in [-0.3, -0.25) is 14.2 Å². The van der Waals surface area contributed by atoms with Crippen LogP contribution in [-0.2, 0) is 14.8 Å². The van der Waals surface area contributed by atoms with Crippen LogP contribution in [0.5, 0.6) is 0 Å². The van der Waals surface area contributed by atoms with Gasteiger partial charge in [-0.1, -0.05) is 41.6 Å². The maximum absolute atomic E-state index is 13.5. The molecule has 13 heteroatoms. The van der Waals surface area contributed by atoms with Crippen molar-refractivity contribution in [2.45, 2.75) is 23.9 Å². The van der Waals surface area contributed by atoms with Gasteiger partial charge in [0, 0.05) is 17.6 Å². The molecule has 2 aromatic heterocycles. The molecule has 41 heavy (non-hydrogen) atoms. The Labute approximate surface area is 244 Å². The number of rotatable bonds is 8. The van der Waals surface area contributed by atoms with Gasteiger partial charge >= 0.3 is 0 Å². The van der Waals surface area contributed by atoms with Crippen LogP contribution in [0.25, 0.3) is 16.6 Å². The van der Waals surface area contributed by atoms with E-state index < -0.39 is 10.0 Å². The van der Waals surface area contributed by atoms with Gasteiger partial charge in [0.15, 0.2) is 5.16 Å². The summed E-state index contributed by atoms with van der Waals surface area (Å²) in [7, 11) is -3.92. The minimum absolute atomic E-state index is 0.0191. The van der Waals surface area contributed by atoms with Crippen LogP contribution in [0.15, 0.2) is 93.8 Å². The van der Waals surface area contributed by atoms with Crippen molar-refractivity contribution in [2.75, 3.05) is 15.8 Å². The van der Waals surface area contributed by atoms with Crippen LogP contribution in [0.4, 0.5) is 11.6 Å². The van der Waals surface area contributed by atoms with Gasteiger partial charge in [0.2, 0.25) is 11.9 Å². The second kappa shape index (κ2) is 11.7. The van der Waals surface area contributed by atoms with Crippen LogP contribution in [0, 0.1) is 13.8 Å². The number of thioether (sulfide) groups is 1. The Morgan fingerprint density at radius 1 is 1.00 bits per heavy atom. The molecule has 0 unspecified atom stereocenters. The number of carbonyl (C=O) groups excluding carboxylic acids is 1. The molecule has 0 saturated heterocycles. The molecule has 1 amide bonds. The predicted molar refractivity (Wildman–Crippen MR) is 160 cm³/mol. The number of fused-ring (bicyclic) bond motifs is 1. The number of aromatic nitrogens is 4. The number of amides is 1. The Bertz CT molecular complexity index is 1950. The van der Waals surface area contributed by atoms with E-state index >= 15 is 0 Å². The fraction of sp³-hybridized carbons (Fsp3) is 0.107. The van der Waals surface area contributed by atoms with E-state index in [1.807, 2.05) is 13.0 Å². The molecule has 0 radical (unpaired) electrons. The molecule has 2 N–H and O–H groups in total. The first-order valence-corrected chi connectivity index (χ1v) is 15.1. The summed E-state index contributed by atoms with van der Waals surface area (Å²) in [5.74, 6) is -0.478. The number of nitrogens with zero attached hydrogens (tertiary/aromatic N) is 4. The average Bonchev–Trinajstić information content (AvgIpc) is 2.94. The van der Waals surface area contributed by atoms with Gasteiger partial charge in [-0.05, 0) is 74.0 Å². The smallest absolute Gasteiger partial charge is 0.266 e. The molecular formula is C28H23ClN6O4S2. The van der Waals surface area contributed by atoms with Crippen molar-refractivity contribution < 1.29 is 13.2 Å². The maximum Gasteiger partial charge on any atom is 0.266 e.